The van der Waals surface area contributed by atoms with Crippen LogP contribution in [0.1, 0.15) is 0 Å². The number of rotatable bonds is 5. The number of furan rings is 1. The van der Waals surface area contributed by atoms with E-state index in [4.69, 9.17) is 24.4 Å². The summed E-state index contributed by atoms with van der Waals surface area (Å²) in [6.45, 7) is 4.83. The Kier molecular flexibility index (Phi) is 7.65. The van der Waals surface area contributed by atoms with E-state index in [0.717, 1.165) is 99.8 Å². The summed E-state index contributed by atoms with van der Waals surface area (Å²) < 4.78 is 8.89. The Morgan fingerprint density at radius 1 is 0.444 bits per heavy atom. The van der Waals surface area contributed by atoms with Crippen molar-refractivity contribution in [1.82, 2.24) is 24.5 Å². The van der Waals surface area contributed by atoms with Gasteiger partial charge in [-0.1, -0.05) is 153 Å². The van der Waals surface area contributed by atoms with Gasteiger partial charge in [-0.05, 0) is 64.8 Å². The molecular formula is C56H37N5OSi. The van der Waals surface area contributed by atoms with Crippen LogP contribution < -0.4 is 10.5 Å². The van der Waals surface area contributed by atoms with Crippen molar-refractivity contribution in [1.29, 1.82) is 0 Å². The Morgan fingerprint density at radius 3 is 1.87 bits per heavy atom. The van der Waals surface area contributed by atoms with Gasteiger partial charge in [-0.2, -0.15) is 0 Å². The highest BCUT2D eigenvalue weighted by atomic mass is 28.3. The molecule has 296 valence electrons. The number of hydrogen-bond acceptors (Lipinski definition) is 5. The summed E-state index contributed by atoms with van der Waals surface area (Å²) in [6.07, 6.45) is 0. The third-order valence-electron chi connectivity index (χ3n) is 13.0. The number of para-hydroxylation sites is 3. The van der Waals surface area contributed by atoms with Crippen LogP contribution >= 0.6 is 0 Å². The minimum Gasteiger partial charge on any atom is -0.455 e. The predicted molar refractivity (Wildman–Crippen MR) is 261 cm³/mol. The maximum atomic E-state index is 6.58. The van der Waals surface area contributed by atoms with E-state index >= 15 is 0 Å². The van der Waals surface area contributed by atoms with E-state index in [2.05, 4.69) is 169 Å². The monoisotopic (exact) mass is 823 g/mol. The van der Waals surface area contributed by atoms with Crippen LogP contribution in [0.25, 0.3) is 117 Å². The zero-order valence-corrected chi connectivity index (χ0v) is 35.5. The van der Waals surface area contributed by atoms with E-state index in [1.54, 1.807) is 0 Å². The molecule has 7 heteroatoms. The molecule has 0 N–H and O–H groups in total. The first-order valence-electron chi connectivity index (χ1n) is 21.4. The summed E-state index contributed by atoms with van der Waals surface area (Å²) in [7, 11) is -2.17. The Bertz CT molecular complexity index is 3830. The molecule has 0 unspecified atom stereocenters. The fourth-order valence-corrected chi connectivity index (χ4v) is 12.9. The van der Waals surface area contributed by atoms with Crippen LogP contribution in [-0.2, 0) is 0 Å². The predicted octanol–water partition coefficient (Wildman–Crippen LogP) is 12.9. The highest BCUT2D eigenvalue weighted by molar-refractivity contribution is 7.03. The summed E-state index contributed by atoms with van der Waals surface area (Å²) in [5.74, 6) is 2.23. The van der Waals surface area contributed by atoms with E-state index in [0.29, 0.717) is 5.82 Å². The lowest BCUT2D eigenvalue weighted by molar-refractivity contribution is 0.670. The lowest BCUT2D eigenvalue weighted by atomic mass is 9.99. The van der Waals surface area contributed by atoms with Crippen molar-refractivity contribution in [2.75, 3.05) is 0 Å². The minimum absolute atomic E-state index is 0.678. The van der Waals surface area contributed by atoms with Crippen LogP contribution in [0.4, 0.5) is 0 Å². The molecule has 0 spiro atoms. The van der Waals surface area contributed by atoms with Gasteiger partial charge < -0.3 is 4.42 Å². The summed E-state index contributed by atoms with van der Waals surface area (Å²) in [6, 6.07) is 66.1. The fourth-order valence-electron chi connectivity index (χ4n) is 9.96. The van der Waals surface area contributed by atoms with Crippen LogP contribution in [0.5, 0.6) is 0 Å². The zero-order valence-electron chi connectivity index (χ0n) is 34.5. The van der Waals surface area contributed by atoms with Gasteiger partial charge in [-0.15, -0.1) is 0 Å². The number of benzene rings is 8. The summed E-state index contributed by atoms with van der Waals surface area (Å²) in [5, 5.41) is 7.93. The SMILES string of the molecule is C[Si]1(C)c2ccccc2-c2c(-c3ccccc3)nc(-c3ccc4c(c3)c3cc(-c5cccc6c5oc5ccccc56)ccc3n4-c3nc(-c4ccccc4)nc4ccccc34)nc21. The van der Waals surface area contributed by atoms with Crippen LogP contribution in [0.15, 0.2) is 192 Å². The molecule has 8 aromatic carbocycles. The van der Waals surface area contributed by atoms with Gasteiger partial charge in [0, 0.05) is 60.1 Å². The molecule has 0 bridgehead atoms. The molecule has 63 heavy (non-hydrogen) atoms. The topological polar surface area (TPSA) is 69.6 Å². The molecule has 12 aromatic rings. The van der Waals surface area contributed by atoms with Crippen LogP contribution in [-0.4, -0.2) is 32.6 Å². The largest absolute Gasteiger partial charge is 0.455 e. The fraction of sp³-hybridized carbons (Fsp3) is 0.0357. The van der Waals surface area contributed by atoms with Gasteiger partial charge >= 0.3 is 0 Å². The van der Waals surface area contributed by atoms with Crippen molar-refractivity contribution in [3.63, 3.8) is 0 Å². The summed E-state index contributed by atoms with van der Waals surface area (Å²) in [5.41, 5.74) is 13.2. The van der Waals surface area contributed by atoms with Crippen molar-refractivity contribution in [3.8, 4) is 62.1 Å². The molecule has 0 aliphatic carbocycles. The Hall–Kier alpha value is -8.00. The van der Waals surface area contributed by atoms with Crippen LogP contribution in [0.2, 0.25) is 13.1 Å². The lowest BCUT2D eigenvalue weighted by Crippen LogP contribution is -2.50. The molecule has 5 heterocycles. The minimum atomic E-state index is -2.17. The normalized spacial score (nSPS) is 13.0. The third kappa shape index (κ3) is 5.36. The smallest absolute Gasteiger partial charge is 0.162 e. The van der Waals surface area contributed by atoms with E-state index in [1.807, 2.05) is 36.4 Å². The van der Waals surface area contributed by atoms with Crippen LogP contribution in [0.3, 0.4) is 0 Å². The molecule has 0 saturated heterocycles. The van der Waals surface area contributed by atoms with Gasteiger partial charge in [0.2, 0.25) is 0 Å². The van der Waals surface area contributed by atoms with Crippen molar-refractivity contribution in [2.45, 2.75) is 13.1 Å². The highest BCUT2D eigenvalue weighted by Gasteiger charge is 2.41. The first-order valence-corrected chi connectivity index (χ1v) is 24.4. The van der Waals surface area contributed by atoms with Gasteiger partial charge in [0.25, 0.3) is 0 Å². The Labute approximate surface area is 363 Å². The maximum absolute atomic E-state index is 6.58. The second-order valence-electron chi connectivity index (χ2n) is 17.0. The average Bonchev–Trinajstić information content (AvgIpc) is 3.96. The number of aromatic nitrogens is 5. The number of nitrogens with zero attached hydrogens (tertiary/aromatic N) is 5. The maximum Gasteiger partial charge on any atom is 0.162 e. The molecule has 0 atom stereocenters. The van der Waals surface area contributed by atoms with Gasteiger partial charge in [0.15, 0.2) is 11.6 Å². The van der Waals surface area contributed by atoms with E-state index < -0.39 is 8.07 Å². The quantitative estimate of drug-likeness (QED) is 0.162. The van der Waals surface area contributed by atoms with Gasteiger partial charge in [-0.3, -0.25) is 4.57 Å². The van der Waals surface area contributed by atoms with Crippen molar-refractivity contribution >= 4 is 73.2 Å². The average molecular weight is 824 g/mol. The van der Waals surface area contributed by atoms with Gasteiger partial charge in [0.1, 0.15) is 25.1 Å². The molecule has 0 radical (unpaired) electrons. The molecule has 1 aliphatic rings. The molecule has 0 saturated carbocycles. The number of hydrogen-bond donors (Lipinski definition) is 0. The van der Waals surface area contributed by atoms with E-state index in [1.165, 1.54) is 21.6 Å². The summed E-state index contributed by atoms with van der Waals surface area (Å²) in [4.78, 5) is 21.5. The van der Waals surface area contributed by atoms with Crippen molar-refractivity contribution in [2.24, 2.45) is 0 Å². The van der Waals surface area contributed by atoms with E-state index in [9.17, 15) is 0 Å². The number of fused-ring (bicyclic) bond motifs is 10. The Balaban J connectivity index is 1.09. The van der Waals surface area contributed by atoms with E-state index in [-0.39, 0.29) is 0 Å². The molecule has 4 aromatic heterocycles. The van der Waals surface area contributed by atoms with Gasteiger partial charge in [-0.25, -0.2) is 19.9 Å². The lowest BCUT2D eigenvalue weighted by Gasteiger charge is -2.19. The standard InChI is InChI=1S/C56H37N5OSi/c1-63(2)49-27-14-11-22-42(49)50-51(34-16-5-3-6-17-34)58-54(60-56(50)63)37-29-31-47-44(33-37)43-32-36(38-23-15-24-40-39-20-10-13-26-48(39)62-52(38)40)28-30-46(43)61(47)55-41-21-9-12-25-45(41)57-53(59-55)35-18-7-4-8-19-35/h3-33H,1-2H3. The molecule has 6 nitrogen and oxygen atoms in total. The highest BCUT2D eigenvalue weighted by Crippen LogP contribution is 2.42. The molecular weight excluding hydrogens is 787 g/mol. The molecule has 0 amide bonds. The third-order valence-corrected chi connectivity index (χ3v) is 16.3. The Morgan fingerprint density at radius 2 is 1.06 bits per heavy atom. The van der Waals surface area contributed by atoms with Crippen molar-refractivity contribution < 1.29 is 4.42 Å². The second-order valence-corrected chi connectivity index (χ2v) is 21.3. The van der Waals surface area contributed by atoms with Gasteiger partial charge in [0.05, 0.1) is 22.2 Å². The second kappa shape index (κ2) is 13.5. The zero-order chi connectivity index (χ0) is 41.8. The molecule has 13 rings (SSSR count). The first kappa shape index (κ1) is 35.7. The first-order chi connectivity index (χ1) is 31.0. The molecule has 0 fully saturated rings. The van der Waals surface area contributed by atoms with Crippen LogP contribution in [0, 0.1) is 0 Å². The van der Waals surface area contributed by atoms with Crippen molar-refractivity contribution in [3.05, 3.63) is 188 Å². The summed E-state index contributed by atoms with van der Waals surface area (Å²) >= 11 is 0. The molecule has 1 aliphatic heterocycles.